The molecule has 0 amide bonds. The van der Waals surface area contributed by atoms with Gasteiger partial charge in [0, 0.05) is 0 Å². The minimum absolute atomic E-state index is 0.250. The number of nitrogens with zero attached hydrogens (tertiary/aromatic N) is 2. The van der Waals surface area contributed by atoms with E-state index in [0.29, 0.717) is 6.42 Å². The van der Waals surface area contributed by atoms with E-state index in [4.69, 9.17) is 9.84 Å². The zero-order valence-corrected chi connectivity index (χ0v) is 12.5. The van der Waals surface area contributed by atoms with E-state index in [2.05, 4.69) is 0 Å². The fourth-order valence-corrected chi connectivity index (χ4v) is 2.65. The Labute approximate surface area is 130 Å². The first-order valence-corrected chi connectivity index (χ1v) is 7.34. The van der Waals surface area contributed by atoms with Crippen LogP contribution in [0.5, 0.6) is 0 Å². The summed E-state index contributed by atoms with van der Waals surface area (Å²) >= 11 is 0. The van der Waals surface area contributed by atoms with Gasteiger partial charge in [-0.1, -0.05) is 48.5 Å². The van der Waals surface area contributed by atoms with Crippen molar-refractivity contribution in [2.75, 3.05) is 12.1 Å². The third-order valence-electron chi connectivity index (χ3n) is 3.78. The van der Waals surface area contributed by atoms with Gasteiger partial charge < -0.3 is 4.74 Å². The fourth-order valence-electron chi connectivity index (χ4n) is 2.65. The minimum Gasteiger partial charge on any atom is -0.467 e. The zero-order valence-electron chi connectivity index (χ0n) is 12.5. The molecule has 1 heterocycles. The quantitative estimate of drug-likeness (QED) is 0.816. The van der Waals surface area contributed by atoms with E-state index < -0.39 is 0 Å². The van der Waals surface area contributed by atoms with Crippen LogP contribution >= 0.6 is 0 Å². The molecule has 1 aliphatic heterocycles. The summed E-state index contributed by atoms with van der Waals surface area (Å²) in [5.41, 5.74) is 2.97. The van der Waals surface area contributed by atoms with Gasteiger partial charge in [-0.05, 0) is 30.5 Å². The van der Waals surface area contributed by atoms with Crippen molar-refractivity contribution in [2.24, 2.45) is 5.10 Å². The molecular formula is C18H18N2O2. The van der Waals surface area contributed by atoms with Gasteiger partial charge in [0.2, 0.25) is 0 Å². The number of hydrogen-bond donors (Lipinski definition) is 0. The maximum absolute atomic E-state index is 12.1. The molecular weight excluding hydrogens is 276 g/mol. The van der Waals surface area contributed by atoms with Crippen molar-refractivity contribution < 1.29 is 9.53 Å². The third kappa shape index (κ3) is 2.86. The van der Waals surface area contributed by atoms with Gasteiger partial charge in [-0.2, -0.15) is 5.10 Å². The van der Waals surface area contributed by atoms with Crippen molar-refractivity contribution in [3.8, 4) is 0 Å². The molecule has 1 unspecified atom stereocenters. The van der Waals surface area contributed by atoms with Gasteiger partial charge in [0.15, 0.2) is 6.04 Å². The number of benzene rings is 2. The Hall–Kier alpha value is -2.62. The standard InChI is InChI=1S/C18H18N2O2/c1-22-18(21)17-13-12-16(14-8-4-2-5-9-14)19-20(17)15-10-6-3-7-11-15/h2-11,17H,12-13H2,1H3. The molecule has 4 heteroatoms. The van der Waals surface area contributed by atoms with E-state index in [-0.39, 0.29) is 12.0 Å². The number of methoxy groups -OCH3 is 1. The number of rotatable bonds is 3. The highest BCUT2D eigenvalue weighted by Crippen LogP contribution is 2.26. The van der Waals surface area contributed by atoms with Crippen LogP contribution in [0.4, 0.5) is 5.69 Å². The molecule has 3 rings (SSSR count). The second-order valence-electron chi connectivity index (χ2n) is 5.17. The van der Waals surface area contributed by atoms with Gasteiger partial charge in [-0.3, -0.25) is 5.01 Å². The summed E-state index contributed by atoms with van der Waals surface area (Å²) in [6, 6.07) is 19.4. The Morgan fingerprint density at radius 1 is 1.09 bits per heavy atom. The van der Waals surface area contributed by atoms with Gasteiger partial charge in [0.25, 0.3) is 0 Å². The van der Waals surface area contributed by atoms with Crippen LogP contribution in [-0.2, 0) is 9.53 Å². The first-order chi connectivity index (χ1) is 10.8. The molecule has 2 aromatic carbocycles. The predicted molar refractivity (Wildman–Crippen MR) is 86.9 cm³/mol. The lowest BCUT2D eigenvalue weighted by molar-refractivity contribution is -0.142. The van der Waals surface area contributed by atoms with E-state index in [1.165, 1.54) is 7.11 Å². The Morgan fingerprint density at radius 2 is 1.73 bits per heavy atom. The van der Waals surface area contributed by atoms with E-state index >= 15 is 0 Å². The summed E-state index contributed by atoms with van der Waals surface area (Å²) < 4.78 is 4.93. The smallest absolute Gasteiger partial charge is 0.330 e. The summed E-state index contributed by atoms with van der Waals surface area (Å²) in [6.07, 6.45) is 1.45. The van der Waals surface area contributed by atoms with Crippen molar-refractivity contribution in [2.45, 2.75) is 18.9 Å². The number of hydrazone groups is 1. The molecule has 0 spiro atoms. The lowest BCUT2D eigenvalue weighted by Gasteiger charge is -2.32. The van der Waals surface area contributed by atoms with Gasteiger partial charge in [-0.25, -0.2) is 4.79 Å². The van der Waals surface area contributed by atoms with E-state index in [1.54, 1.807) is 5.01 Å². The van der Waals surface area contributed by atoms with Gasteiger partial charge in [0.05, 0.1) is 18.5 Å². The monoisotopic (exact) mass is 294 g/mol. The van der Waals surface area contributed by atoms with Crippen molar-refractivity contribution >= 4 is 17.4 Å². The molecule has 0 N–H and O–H groups in total. The SMILES string of the molecule is COC(=O)C1CCC(c2ccccc2)=NN1c1ccccc1. The Balaban J connectivity index is 1.99. The highest BCUT2D eigenvalue weighted by atomic mass is 16.5. The molecule has 0 saturated carbocycles. The first kappa shape index (κ1) is 14.3. The second-order valence-corrected chi connectivity index (χ2v) is 5.17. The summed E-state index contributed by atoms with van der Waals surface area (Å²) in [7, 11) is 1.42. The minimum atomic E-state index is -0.375. The fraction of sp³-hybridized carbons (Fsp3) is 0.222. The van der Waals surface area contributed by atoms with Crippen LogP contribution in [-0.4, -0.2) is 24.8 Å². The average molecular weight is 294 g/mol. The van der Waals surface area contributed by atoms with Crippen LogP contribution in [0.1, 0.15) is 18.4 Å². The molecule has 1 atom stereocenters. The maximum Gasteiger partial charge on any atom is 0.330 e. The summed E-state index contributed by atoms with van der Waals surface area (Å²) in [4.78, 5) is 12.1. The highest BCUT2D eigenvalue weighted by molar-refractivity contribution is 6.02. The molecule has 4 nitrogen and oxygen atoms in total. The third-order valence-corrected chi connectivity index (χ3v) is 3.78. The first-order valence-electron chi connectivity index (χ1n) is 7.34. The van der Waals surface area contributed by atoms with Crippen molar-refractivity contribution in [3.05, 3.63) is 66.2 Å². The van der Waals surface area contributed by atoms with Crippen LogP contribution in [0.3, 0.4) is 0 Å². The molecule has 22 heavy (non-hydrogen) atoms. The number of carbonyl (C=O) groups is 1. The Bertz CT molecular complexity index is 668. The number of hydrogen-bond acceptors (Lipinski definition) is 4. The van der Waals surface area contributed by atoms with Crippen molar-refractivity contribution in [1.29, 1.82) is 0 Å². The number of anilines is 1. The summed E-state index contributed by atoms with van der Waals surface area (Å²) in [5, 5.41) is 6.50. The van der Waals surface area contributed by atoms with Crippen LogP contribution in [0, 0.1) is 0 Å². The molecule has 2 aromatic rings. The lowest BCUT2D eigenvalue weighted by atomic mass is 10.00. The number of para-hydroxylation sites is 1. The van der Waals surface area contributed by atoms with Crippen molar-refractivity contribution in [3.63, 3.8) is 0 Å². The van der Waals surface area contributed by atoms with Gasteiger partial charge >= 0.3 is 5.97 Å². The van der Waals surface area contributed by atoms with Crippen molar-refractivity contribution in [1.82, 2.24) is 0 Å². The van der Waals surface area contributed by atoms with Crippen LogP contribution in [0.15, 0.2) is 65.8 Å². The molecule has 112 valence electrons. The maximum atomic E-state index is 12.1. The lowest BCUT2D eigenvalue weighted by Crippen LogP contribution is -2.42. The number of ether oxygens (including phenoxy) is 1. The Morgan fingerprint density at radius 3 is 2.36 bits per heavy atom. The molecule has 1 aliphatic rings. The average Bonchev–Trinajstić information content (AvgIpc) is 2.62. The molecule has 0 bridgehead atoms. The van der Waals surface area contributed by atoms with E-state index in [9.17, 15) is 4.79 Å². The number of carbonyl (C=O) groups excluding carboxylic acids is 1. The molecule has 0 fully saturated rings. The highest BCUT2D eigenvalue weighted by Gasteiger charge is 2.31. The zero-order chi connectivity index (χ0) is 15.4. The second kappa shape index (κ2) is 6.43. The topological polar surface area (TPSA) is 41.9 Å². The molecule has 0 aromatic heterocycles. The predicted octanol–water partition coefficient (Wildman–Crippen LogP) is 3.23. The normalized spacial score (nSPS) is 17.8. The summed E-state index contributed by atoms with van der Waals surface area (Å²) in [6.45, 7) is 0. The van der Waals surface area contributed by atoms with Gasteiger partial charge in [0.1, 0.15) is 0 Å². The molecule has 0 saturated heterocycles. The summed E-state index contributed by atoms with van der Waals surface area (Å²) in [5.74, 6) is -0.250. The largest absolute Gasteiger partial charge is 0.467 e. The molecule has 0 aliphatic carbocycles. The van der Waals surface area contributed by atoms with Gasteiger partial charge in [-0.15, -0.1) is 0 Å². The molecule has 0 radical (unpaired) electrons. The van der Waals surface area contributed by atoms with Crippen LogP contribution < -0.4 is 5.01 Å². The van der Waals surface area contributed by atoms with E-state index in [0.717, 1.165) is 23.4 Å². The van der Waals surface area contributed by atoms with Crippen LogP contribution in [0.25, 0.3) is 0 Å². The van der Waals surface area contributed by atoms with Crippen LogP contribution in [0.2, 0.25) is 0 Å². The number of esters is 1. The van der Waals surface area contributed by atoms with E-state index in [1.807, 2.05) is 60.7 Å². The Kier molecular flexibility index (Phi) is 4.19.